The minimum Gasteiger partial charge on any atom is -0.473 e. The van der Waals surface area contributed by atoms with Crippen LogP contribution in [0.4, 0.5) is 0 Å². The number of hydrogen-bond acceptors (Lipinski definition) is 6. The van der Waals surface area contributed by atoms with Crippen molar-refractivity contribution in [1.29, 1.82) is 0 Å². The molecule has 2 heterocycles. The maximum absolute atomic E-state index is 12.2. The molecule has 1 aromatic heterocycles. The lowest BCUT2D eigenvalue weighted by Gasteiger charge is -2.13. The Morgan fingerprint density at radius 1 is 0.929 bits per heavy atom. The Balaban J connectivity index is 0.000000409. The number of hydrogen-bond donors (Lipinski definition) is 3. The first-order chi connectivity index (χ1) is 13.4. The third-order valence-corrected chi connectivity index (χ3v) is 3.93. The van der Waals surface area contributed by atoms with Crippen LogP contribution in [-0.2, 0) is 16.1 Å². The van der Waals surface area contributed by atoms with E-state index in [1.165, 1.54) is 4.90 Å². The van der Waals surface area contributed by atoms with Gasteiger partial charge < -0.3 is 19.9 Å². The number of furan rings is 1. The summed E-state index contributed by atoms with van der Waals surface area (Å²) in [6, 6.07) is 10.8. The van der Waals surface area contributed by atoms with Gasteiger partial charge in [0, 0.05) is 6.54 Å². The summed E-state index contributed by atoms with van der Waals surface area (Å²) in [5, 5.41) is 18.1. The van der Waals surface area contributed by atoms with Crippen LogP contribution in [0.2, 0.25) is 0 Å². The quantitative estimate of drug-likeness (QED) is 0.369. The van der Waals surface area contributed by atoms with Crippen molar-refractivity contribution in [2.45, 2.75) is 19.4 Å². The first-order valence-electron chi connectivity index (χ1n) is 8.56. The number of imide groups is 1. The average molecular weight is 388 g/mol. The van der Waals surface area contributed by atoms with Crippen molar-refractivity contribution < 1.29 is 33.8 Å². The summed E-state index contributed by atoms with van der Waals surface area (Å²) in [5.74, 6) is -3.10. The van der Waals surface area contributed by atoms with Gasteiger partial charge in [0.2, 0.25) is 0 Å². The number of fused-ring (bicyclic) bond motifs is 1. The van der Waals surface area contributed by atoms with E-state index in [-0.39, 0.29) is 11.8 Å². The maximum Gasteiger partial charge on any atom is 0.414 e. The standard InChI is InChI=1S/C17H18N2O3.C2H2O4/c20-16-14-7-1-2-8-15(14)17(21)19(16)10-4-3-9-18-12-13-6-5-11-22-13;3-1(4)2(5)6/h1-2,5-8,11,18H,3-4,9-10,12H2;(H,3,4)(H,5,6). The van der Waals surface area contributed by atoms with Crippen molar-refractivity contribution in [2.75, 3.05) is 13.1 Å². The van der Waals surface area contributed by atoms with E-state index < -0.39 is 11.9 Å². The highest BCUT2D eigenvalue weighted by Gasteiger charge is 2.34. The molecule has 1 aliphatic heterocycles. The van der Waals surface area contributed by atoms with Crippen LogP contribution in [0.1, 0.15) is 39.3 Å². The molecule has 0 fully saturated rings. The highest BCUT2D eigenvalue weighted by Crippen LogP contribution is 2.22. The SMILES string of the molecule is O=C(O)C(=O)O.O=C1c2ccccc2C(=O)N1CCCCNCc1ccco1. The minimum absolute atomic E-state index is 0.177. The van der Waals surface area contributed by atoms with E-state index in [9.17, 15) is 9.59 Å². The molecule has 0 unspecified atom stereocenters. The molecular weight excluding hydrogens is 368 g/mol. The van der Waals surface area contributed by atoms with Gasteiger partial charge in [-0.1, -0.05) is 12.1 Å². The number of amides is 2. The molecule has 3 N–H and O–H groups in total. The number of carbonyl (C=O) groups excluding carboxylic acids is 2. The molecule has 0 spiro atoms. The molecule has 0 saturated heterocycles. The topological polar surface area (TPSA) is 137 Å². The number of nitrogens with zero attached hydrogens (tertiary/aromatic N) is 1. The molecule has 2 aromatic rings. The molecule has 0 atom stereocenters. The lowest BCUT2D eigenvalue weighted by molar-refractivity contribution is -0.159. The number of aliphatic carboxylic acids is 2. The fraction of sp³-hybridized carbons (Fsp3) is 0.263. The summed E-state index contributed by atoms with van der Waals surface area (Å²) < 4.78 is 5.23. The van der Waals surface area contributed by atoms with E-state index >= 15 is 0 Å². The van der Waals surface area contributed by atoms with Gasteiger partial charge in [-0.2, -0.15) is 0 Å². The number of nitrogens with one attached hydrogen (secondary N) is 1. The Bertz CT molecular complexity index is 799. The Hall–Kier alpha value is -3.46. The zero-order chi connectivity index (χ0) is 20.5. The molecule has 0 radical (unpaired) electrons. The summed E-state index contributed by atoms with van der Waals surface area (Å²) in [6.45, 7) is 1.98. The first kappa shape index (κ1) is 20.8. The lowest BCUT2D eigenvalue weighted by atomic mass is 10.1. The normalized spacial score (nSPS) is 12.4. The predicted octanol–water partition coefficient (Wildman–Crippen LogP) is 1.60. The lowest BCUT2D eigenvalue weighted by Crippen LogP contribution is -2.31. The van der Waals surface area contributed by atoms with Gasteiger partial charge in [0.1, 0.15) is 5.76 Å². The Kier molecular flexibility index (Phi) is 7.46. The van der Waals surface area contributed by atoms with E-state index in [0.717, 1.165) is 25.1 Å². The third-order valence-electron chi connectivity index (χ3n) is 3.93. The van der Waals surface area contributed by atoms with Crippen molar-refractivity contribution in [2.24, 2.45) is 0 Å². The number of rotatable bonds is 7. The van der Waals surface area contributed by atoms with Gasteiger partial charge in [-0.05, 0) is 43.7 Å². The second kappa shape index (κ2) is 10.0. The van der Waals surface area contributed by atoms with Gasteiger partial charge in [-0.15, -0.1) is 0 Å². The van der Waals surface area contributed by atoms with Crippen LogP contribution >= 0.6 is 0 Å². The van der Waals surface area contributed by atoms with E-state index in [0.29, 0.717) is 24.2 Å². The highest BCUT2D eigenvalue weighted by molar-refractivity contribution is 6.27. The molecule has 0 bridgehead atoms. The van der Waals surface area contributed by atoms with Gasteiger partial charge >= 0.3 is 11.9 Å². The molecule has 0 saturated carbocycles. The summed E-state index contributed by atoms with van der Waals surface area (Å²) in [7, 11) is 0. The van der Waals surface area contributed by atoms with Gasteiger partial charge in [-0.3, -0.25) is 14.5 Å². The van der Waals surface area contributed by atoms with E-state index in [1.54, 1.807) is 30.5 Å². The molecule has 3 rings (SSSR count). The van der Waals surface area contributed by atoms with Gasteiger partial charge in [-0.25, -0.2) is 9.59 Å². The van der Waals surface area contributed by atoms with E-state index in [4.69, 9.17) is 24.2 Å². The van der Waals surface area contributed by atoms with Crippen LogP contribution in [-0.4, -0.2) is 52.0 Å². The van der Waals surface area contributed by atoms with Crippen LogP contribution in [0.5, 0.6) is 0 Å². The van der Waals surface area contributed by atoms with Crippen molar-refractivity contribution in [3.63, 3.8) is 0 Å². The van der Waals surface area contributed by atoms with Crippen LogP contribution in [0.25, 0.3) is 0 Å². The Morgan fingerprint density at radius 3 is 2.04 bits per heavy atom. The third kappa shape index (κ3) is 5.52. The number of carbonyl (C=O) groups is 4. The average Bonchev–Trinajstić information content (AvgIpc) is 3.27. The monoisotopic (exact) mass is 388 g/mol. The smallest absolute Gasteiger partial charge is 0.414 e. The molecule has 2 amide bonds. The van der Waals surface area contributed by atoms with Gasteiger partial charge in [0.25, 0.3) is 11.8 Å². The van der Waals surface area contributed by atoms with E-state index in [2.05, 4.69) is 5.32 Å². The van der Waals surface area contributed by atoms with E-state index in [1.807, 2.05) is 12.1 Å². The summed E-state index contributed by atoms with van der Waals surface area (Å²) in [5.41, 5.74) is 1.03. The van der Waals surface area contributed by atoms with Crippen LogP contribution in [0, 0.1) is 0 Å². The summed E-state index contributed by atoms with van der Waals surface area (Å²) >= 11 is 0. The van der Waals surface area contributed by atoms with Crippen LogP contribution in [0.15, 0.2) is 47.1 Å². The zero-order valence-corrected chi connectivity index (χ0v) is 15.0. The maximum atomic E-state index is 12.2. The number of carboxylic acid groups (broad SMARTS) is 2. The van der Waals surface area contributed by atoms with Gasteiger partial charge in [0.05, 0.1) is 23.9 Å². The molecule has 9 heteroatoms. The Labute approximate surface area is 160 Å². The highest BCUT2D eigenvalue weighted by atomic mass is 16.4. The first-order valence-corrected chi connectivity index (χ1v) is 8.56. The number of carboxylic acids is 2. The number of benzene rings is 1. The van der Waals surface area contributed by atoms with Crippen molar-refractivity contribution in [1.82, 2.24) is 10.2 Å². The largest absolute Gasteiger partial charge is 0.473 e. The molecule has 9 nitrogen and oxygen atoms in total. The van der Waals surface area contributed by atoms with Crippen LogP contribution < -0.4 is 5.32 Å². The molecular formula is C19H20N2O7. The zero-order valence-electron chi connectivity index (χ0n) is 15.0. The van der Waals surface area contributed by atoms with Gasteiger partial charge in [0.15, 0.2) is 0 Å². The second-order valence-electron chi connectivity index (χ2n) is 5.88. The fourth-order valence-electron chi connectivity index (χ4n) is 2.59. The molecule has 1 aliphatic rings. The summed E-state index contributed by atoms with van der Waals surface area (Å²) in [4.78, 5) is 43.9. The second-order valence-corrected chi connectivity index (χ2v) is 5.88. The predicted molar refractivity (Wildman–Crippen MR) is 96.7 cm³/mol. The van der Waals surface area contributed by atoms with Crippen molar-refractivity contribution in [3.8, 4) is 0 Å². The molecule has 0 aliphatic carbocycles. The number of unbranched alkanes of at least 4 members (excludes halogenated alkanes) is 1. The minimum atomic E-state index is -1.82. The van der Waals surface area contributed by atoms with Crippen molar-refractivity contribution in [3.05, 3.63) is 59.5 Å². The molecule has 28 heavy (non-hydrogen) atoms. The molecule has 1 aromatic carbocycles. The van der Waals surface area contributed by atoms with Crippen molar-refractivity contribution >= 4 is 23.8 Å². The Morgan fingerprint density at radius 2 is 1.54 bits per heavy atom. The van der Waals surface area contributed by atoms with Crippen LogP contribution in [0.3, 0.4) is 0 Å². The molecule has 148 valence electrons. The fourth-order valence-corrected chi connectivity index (χ4v) is 2.59. The summed E-state index contributed by atoms with van der Waals surface area (Å²) in [6.07, 6.45) is 3.34.